The third kappa shape index (κ3) is 7.42. The molecule has 0 aliphatic heterocycles. The number of hydrogen-bond acceptors (Lipinski definition) is 7. The number of hydrogen-bond donors (Lipinski definition) is 3. The number of ether oxygens (including phenoxy) is 2. The van der Waals surface area contributed by atoms with Gasteiger partial charge in [-0.1, -0.05) is 25.2 Å². The van der Waals surface area contributed by atoms with E-state index in [9.17, 15) is 19.1 Å². The number of nitrogens with zero attached hydrogens (tertiary/aromatic N) is 2. The van der Waals surface area contributed by atoms with Gasteiger partial charge >= 0.3 is 7.60 Å². The van der Waals surface area contributed by atoms with Crippen molar-refractivity contribution in [2.24, 2.45) is 0 Å². The lowest BCUT2D eigenvalue weighted by atomic mass is 10.2. The van der Waals surface area contributed by atoms with Gasteiger partial charge in [0.15, 0.2) is 0 Å². The second-order valence-corrected chi connectivity index (χ2v) is 9.37. The van der Waals surface area contributed by atoms with E-state index in [-0.39, 0.29) is 11.4 Å². The largest absolute Gasteiger partial charge is 0.491 e. The maximum Gasteiger partial charge on any atom is 0.356 e. The molecule has 0 spiro atoms. The van der Waals surface area contributed by atoms with E-state index in [0.29, 0.717) is 27.9 Å². The molecule has 1 aromatic heterocycles. The van der Waals surface area contributed by atoms with Crippen molar-refractivity contribution in [2.75, 3.05) is 5.32 Å². The van der Waals surface area contributed by atoms with E-state index < -0.39 is 13.5 Å². The van der Waals surface area contributed by atoms with Crippen LogP contribution >= 0.6 is 18.9 Å². The van der Waals surface area contributed by atoms with Crippen LogP contribution in [0.15, 0.2) is 42.5 Å². The number of aryl methyl sites for hydroxylation is 1. The minimum atomic E-state index is -4.34. The Morgan fingerprint density at radius 1 is 1.03 bits per heavy atom. The van der Waals surface area contributed by atoms with Gasteiger partial charge in [0.2, 0.25) is 5.13 Å². The standard InChI is InChI=1S/C19H20N3O6PS.C2H6/c1-11(2)27-15-8-13(18(23)20-19-22-21-12(3)30-19)9-16(10-15)28-14-4-6-17(7-5-14)29(24,25)26;1-2/h4-11H,1-3H3,(H,20,22,23)(H2,24,25,26);1-2H3. The smallest absolute Gasteiger partial charge is 0.356 e. The van der Waals surface area contributed by atoms with Crippen molar-refractivity contribution in [3.05, 3.63) is 53.0 Å². The SMILES string of the molecule is CC.Cc1nnc(NC(=O)c2cc(Oc3ccc(P(=O)(O)O)cc3)cc(OC(C)C)c2)s1. The fraction of sp³-hybridized carbons (Fsp3) is 0.286. The summed E-state index contributed by atoms with van der Waals surface area (Å²) in [6.07, 6.45) is -0.121. The monoisotopic (exact) mass is 479 g/mol. The van der Waals surface area contributed by atoms with Gasteiger partial charge < -0.3 is 19.3 Å². The first kappa shape index (κ1) is 25.5. The van der Waals surface area contributed by atoms with Gasteiger partial charge in [0.1, 0.15) is 22.3 Å². The van der Waals surface area contributed by atoms with Crippen molar-refractivity contribution in [3.63, 3.8) is 0 Å². The van der Waals surface area contributed by atoms with Gasteiger partial charge in [0.25, 0.3) is 5.91 Å². The van der Waals surface area contributed by atoms with Crippen LogP contribution in [0.2, 0.25) is 0 Å². The van der Waals surface area contributed by atoms with Crippen molar-refractivity contribution < 1.29 is 28.6 Å². The van der Waals surface area contributed by atoms with E-state index in [2.05, 4.69) is 15.5 Å². The van der Waals surface area contributed by atoms with Crippen LogP contribution in [0, 0.1) is 6.92 Å². The molecular weight excluding hydrogens is 453 g/mol. The number of anilines is 1. The Labute approximate surface area is 190 Å². The van der Waals surface area contributed by atoms with Crippen molar-refractivity contribution in [1.82, 2.24) is 10.2 Å². The first-order valence-electron chi connectivity index (χ1n) is 9.87. The summed E-state index contributed by atoms with van der Waals surface area (Å²) in [7, 11) is -4.34. The van der Waals surface area contributed by atoms with E-state index in [1.807, 2.05) is 27.7 Å². The number of amides is 1. The highest BCUT2D eigenvalue weighted by atomic mass is 32.1. The zero-order valence-corrected chi connectivity index (χ0v) is 20.1. The number of carbonyl (C=O) groups is 1. The lowest BCUT2D eigenvalue weighted by Gasteiger charge is -2.14. The minimum Gasteiger partial charge on any atom is -0.491 e. The second kappa shape index (κ2) is 11.2. The molecule has 172 valence electrons. The van der Waals surface area contributed by atoms with E-state index in [1.165, 1.54) is 41.7 Å². The Hall–Kier alpha value is -2.78. The molecule has 0 aliphatic carbocycles. The molecule has 1 heterocycles. The molecule has 0 atom stereocenters. The highest BCUT2D eigenvalue weighted by Crippen LogP contribution is 2.34. The number of carbonyl (C=O) groups excluding carboxylic acids is 1. The van der Waals surface area contributed by atoms with Gasteiger partial charge in [-0.15, -0.1) is 10.2 Å². The lowest BCUT2D eigenvalue weighted by molar-refractivity contribution is 0.102. The van der Waals surface area contributed by atoms with Gasteiger partial charge in [0, 0.05) is 11.6 Å². The first-order chi connectivity index (χ1) is 15.1. The quantitative estimate of drug-likeness (QED) is 0.422. The molecular formula is C21H26N3O6PS. The predicted octanol–water partition coefficient (Wildman–Crippen LogP) is 4.51. The van der Waals surface area contributed by atoms with Crippen LogP contribution in [0.25, 0.3) is 0 Å². The summed E-state index contributed by atoms with van der Waals surface area (Å²) in [6.45, 7) is 9.50. The highest BCUT2D eigenvalue weighted by molar-refractivity contribution is 7.60. The minimum absolute atomic E-state index is 0.112. The molecule has 0 fully saturated rings. The molecule has 3 N–H and O–H groups in total. The van der Waals surface area contributed by atoms with E-state index >= 15 is 0 Å². The summed E-state index contributed by atoms with van der Waals surface area (Å²) >= 11 is 1.26. The Kier molecular flexibility index (Phi) is 8.91. The maximum absolute atomic E-state index is 12.7. The molecule has 0 saturated heterocycles. The Bertz CT molecular complexity index is 1100. The highest BCUT2D eigenvalue weighted by Gasteiger charge is 2.17. The van der Waals surface area contributed by atoms with Crippen LogP contribution in [-0.4, -0.2) is 32.0 Å². The average Bonchev–Trinajstić information content (AvgIpc) is 3.13. The van der Waals surface area contributed by atoms with E-state index in [0.717, 1.165) is 5.01 Å². The normalized spacial score (nSPS) is 10.9. The van der Waals surface area contributed by atoms with Crippen LogP contribution < -0.4 is 20.1 Å². The van der Waals surface area contributed by atoms with Crippen LogP contribution in [-0.2, 0) is 4.57 Å². The van der Waals surface area contributed by atoms with Gasteiger partial charge in [-0.3, -0.25) is 14.7 Å². The summed E-state index contributed by atoms with van der Waals surface area (Å²) < 4.78 is 22.8. The topological polar surface area (TPSA) is 131 Å². The molecule has 0 aliphatic rings. The van der Waals surface area contributed by atoms with Crippen molar-refractivity contribution in [3.8, 4) is 17.2 Å². The molecule has 9 nitrogen and oxygen atoms in total. The summed E-state index contributed by atoms with van der Waals surface area (Å²) in [6, 6.07) is 10.2. The van der Waals surface area contributed by atoms with Gasteiger partial charge in [-0.2, -0.15) is 0 Å². The number of benzene rings is 2. The van der Waals surface area contributed by atoms with Gasteiger partial charge in [-0.25, -0.2) is 0 Å². The number of aromatic nitrogens is 2. The maximum atomic E-state index is 12.7. The molecule has 0 radical (unpaired) electrons. The third-order valence-corrected chi connectivity index (χ3v) is 5.39. The van der Waals surface area contributed by atoms with Crippen molar-refractivity contribution >= 4 is 35.3 Å². The Balaban J connectivity index is 0.00000176. The molecule has 11 heteroatoms. The fourth-order valence-electron chi connectivity index (χ4n) is 2.46. The summed E-state index contributed by atoms with van der Waals surface area (Å²) in [5, 5.41) is 11.4. The number of nitrogens with one attached hydrogen (secondary N) is 1. The molecule has 0 bridgehead atoms. The van der Waals surface area contributed by atoms with Crippen molar-refractivity contribution in [2.45, 2.75) is 40.7 Å². The molecule has 2 aromatic carbocycles. The summed E-state index contributed by atoms with van der Waals surface area (Å²) in [5.74, 6) is 0.714. The first-order valence-corrected chi connectivity index (χ1v) is 12.3. The molecule has 3 rings (SSSR count). The van der Waals surface area contributed by atoms with Crippen LogP contribution in [0.3, 0.4) is 0 Å². The molecule has 32 heavy (non-hydrogen) atoms. The third-order valence-electron chi connectivity index (χ3n) is 3.67. The van der Waals surface area contributed by atoms with Crippen LogP contribution in [0.1, 0.15) is 43.1 Å². The predicted molar refractivity (Wildman–Crippen MR) is 124 cm³/mol. The summed E-state index contributed by atoms with van der Waals surface area (Å²) in [4.78, 5) is 31.1. The van der Waals surface area contributed by atoms with Gasteiger partial charge in [0.05, 0.1) is 11.4 Å². The molecule has 0 unspecified atom stereocenters. The second-order valence-electron chi connectivity index (χ2n) is 6.58. The van der Waals surface area contributed by atoms with Crippen LogP contribution in [0.4, 0.5) is 5.13 Å². The van der Waals surface area contributed by atoms with E-state index in [1.54, 1.807) is 19.1 Å². The fourth-order valence-corrected chi connectivity index (χ4v) is 3.59. The zero-order valence-electron chi connectivity index (χ0n) is 18.4. The zero-order chi connectivity index (χ0) is 23.9. The Morgan fingerprint density at radius 3 is 2.19 bits per heavy atom. The van der Waals surface area contributed by atoms with E-state index in [4.69, 9.17) is 9.47 Å². The molecule has 3 aromatic rings. The van der Waals surface area contributed by atoms with Crippen LogP contribution in [0.5, 0.6) is 17.2 Å². The van der Waals surface area contributed by atoms with Gasteiger partial charge in [-0.05, 0) is 57.2 Å². The summed E-state index contributed by atoms with van der Waals surface area (Å²) in [5.41, 5.74) is 0.294. The molecule has 0 saturated carbocycles. The molecule has 1 amide bonds. The lowest BCUT2D eigenvalue weighted by Crippen LogP contribution is -2.13. The Morgan fingerprint density at radius 2 is 1.66 bits per heavy atom. The number of rotatable bonds is 7. The average molecular weight is 479 g/mol. The van der Waals surface area contributed by atoms with Crippen molar-refractivity contribution in [1.29, 1.82) is 0 Å².